The number of fused-ring (bicyclic) bond motifs is 4. The maximum Gasteiger partial charge on any atom is 0.126 e. The lowest BCUT2D eigenvalue weighted by Crippen LogP contribution is -1.92. The van der Waals surface area contributed by atoms with Crippen molar-refractivity contribution in [2.75, 3.05) is 0 Å². The summed E-state index contributed by atoms with van der Waals surface area (Å²) in [6.45, 7) is 4.12. The molecule has 8 aromatic carbocycles. The van der Waals surface area contributed by atoms with Crippen LogP contribution in [0.5, 0.6) is 0 Å². The van der Waals surface area contributed by atoms with Gasteiger partial charge in [0.15, 0.2) is 0 Å². The molecule has 0 aliphatic rings. The highest BCUT2D eigenvalue weighted by molar-refractivity contribution is 7.22. The molecule has 0 radical (unpaired) electrons. The molecule has 11 rings (SSSR count). The maximum atomic E-state index is 5.31. The second kappa shape index (κ2) is 15.3. The van der Waals surface area contributed by atoms with Crippen molar-refractivity contribution in [1.82, 2.24) is 15.0 Å². The zero-order valence-corrected chi connectivity index (χ0v) is 34.6. The zero-order valence-electron chi connectivity index (χ0n) is 33.8. The number of hydrogen-bond donors (Lipinski definition) is 0. The van der Waals surface area contributed by atoms with Gasteiger partial charge in [-0.05, 0) is 105 Å². The first-order chi connectivity index (χ1) is 30.0. The van der Waals surface area contributed by atoms with Gasteiger partial charge in [0.1, 0.15) is 5.01 Å². The van der Waals surface area contributed by atoms with Gasteiger partial charge >= 0.3 is 0 Å². The van der Waals surface area contributed by atoms with Gasteiger partial charge in [0.2, 0.25) is 0 Å². The van der Waals surface area contributed by atoms with Crippen LogP contribution in [0.15, 0.2) is 200 Å². The molecule has 0 N–H and O–H groups in total. The van der Waals surface area contributed by atoms with E-state index in [1.807, 2.05) is 19.1 Å². The first-order valence-electron chi connectivity index (χ1n) is 20.7. The number of nitrogens with zero attached hydrogens (tertiary/aromatic N) is 3. The van der Waals surface area contributed by atoms with Crippen LogP contribution in [0.1, 0.15) is 11.4 Å². The van der Waals surface area contributed by atoms with Crippen LogP contribution in [0.4, 0.5) is 0 Å². The lowest BCUT2D eigenvalue weighted by atomic mass is 9.88. The normalized spacial score (nSPS) is 11.4. The summed E-state index contributed by atoms with van der Waals surface area (Å²) >= 11 is 1.75. The molecular formula is C57H39N3S. The smallest absolute Gasteiger partial charge is 0.126 e. The van der Waals surface area contributed by atoms with E-state index in [-0.39, 0.29) is 0 Å². The molecule has 0 saturated heterocycles. The summed E-state index contributed by atoms with van der Waals surface area (Å²) in [5, 5.41) is 5.77. The van der Waals surface area contributed by atoms with Gasteiger partial charge in [-0.3, -0.25) is 4.98 Å². The molecule has 3 aromatic heterocycles. The molecule has 0 aliphatic heterocycles. The molecule has 288 valence electrons. The summed E-state index contributed by atoms with van der Waals surface area (Å²) in [6.07, 6.45) is 0. The van der Waals surface area contributed by atoms with Crippen LogP contribution in [0, 0.1) is 13.8 Å². The van der Waals surface area contributed by atoms with Crippen molar-refractivity contribution in [3.05, 3.63) is 212 Å². The molecule has 3 heterocycles. The summed E-state index contributed by atoms with van der Waals surface area (Å²) in [6, 6.07) is 71.9. The minimum Gasteiger partial charge on any atom is -0.258 e. The van der Waals surface area contributed by atoms with Gasteiger partial charge in [0.25, 0.3) is 0 Å². The van der Waals surface area contributed by atoms with Crippen molar-refractivity contribution < 1.29 is 0 Å². The summed E-state index contributed by atoms with van der Waals surface area (Å²) in [7, 11) is 0. The topological polar surface area (TPSA) is 38.7 Å². The molecular weight excluding hydrogens is 759 g/mol. The van der Waals surface area contributed by atoms with Crippen LogP contribution in [0.2, 0.25) is 0 Å². The van der Waals surface area contributed by atoms with E-state index in [0.29, 0.717) is 0 Å². The molecule has 0 unspecified atom stereocenters. The fourth-order valence-corrected chi connectivity index (χ4v) is 9.90. The standard InChI is InChI=1S/C57H39N3S/c1-36-24-30-47(37(2)58-36)57-60-55-50-23-12-10-19-44(50)33-51(56(55)61-57)43-20-13-21-45(32-43)54-48-22-11-9-14-39(48)29-31-49(54)40-27-25-38(26-28-40)46-34-52(41-15-5-3-6-16-41)59-53(35-46)42-17-7-4-8-18-42/h3-35H,1-2H3. The minimum absolute atomic E-state index is 0.957. The van der Waals surface area contributed by atoms with E-state index in [4.69, 9.17) is 15.0 Å². The van der Waals surface area contributed by atoms with Crippen molar-refractivity contribution >= 4 is 43.1 Å². The monoisotopic (exact) mass is 797 g/mol. The Bertz CT molecular complexity index is 3370. The van der Waals surface area contributed by atoms with Gasteiger partial charge in [-0.1, -0.05) is 164 Å². The Kier molecular flexibility index (Phi) is 9.14. The predicted octanol–water partition coefficient (Wildman–Crippen LogP) is 15.7. The first kappa shape index (κ1) is 36.5. The fourth-order valence-electron chi connectivity index (χ4n) is 8.71. The lowest BCUT2D eigenvalue weighted by molar-refractivity contribution is 1.12. The molecule has 0 aliphatic carbocycles. The highest BCUT2D eigenvalue weighted by Crippen LogP contribution is 2.44. The van der Waals surface area contributed by atoms with E-state index in [1.54, 1.807) is 11.3 Å². The Hall–Kier alpha value is -7.53. The van der Waals surface area contributed by atoms with Crippen LogP contribution in [-0.4, -0.2) is 15.0 Å². The van der Waals surface area contributed by atoms with Crippen molar-refractivity contribution in [2.45, 2.75) is 13.8 Å². The number of rotatable bonds is 7. The molecule has 0 saturated carbocycles. The largest absolute Gasteiger partial charge is 0.258 e. The van der Waals surface area contributed by atoms with Crippen LogP contribution in [0.25, 0.3) is 109 Å². The molecule has 11 aromatic rings. The highest BCUT2D eigenvalue weighted by Gasteiger charge is 2.19. The van der Waals surface area contributed by atoms with E-state index >= 15 is 0 Å². The third-order valence-corrected chi connectivity index (χ3v) is 12.8. The molecule has 0 spiro atoms. The highest BCUT2D eigenvalue weighted by atomic mass is 32.1. The maximum absolute atomic E-state index is 5.31. The van der Waals surface area contributed by atoms with Crippen LogP contribution in [-0.2, 0) is 0 Å². The average molecular weight is 798 g/mol. The Labute approximate surface area is 359 Å². The Balaban J connectivity index is 1.04. The number of pyridine rings is 2. The van der Waals surface area contributed by atoms with Gasteiger partial charge in [0, 0.05) is 39.0 Å². The van der Waals surface area contributed by atoms with Gasteiger partial charge < -0.3 is 0 Å². The third-order valence-electron chi connectivity index (χ3n) is 11.7. The van der Waals surface area contributed by atoms with Crippen molar-refractivity contribution in [2.24, 2.45) is 0 Å². The Morgan fingerprint density at radius 1 is 0.361 bits per heavy atom. The minimum atomic E-state index is 0.957. The quantitative estimate of drug-likeness (QED) is 0.161. The average Bonchev–Trinajstić information content (AvgIpc) is 3.77. The predicted molar refractivity (Wildman–Crippen MR) is 258 cm³/mol. The molecule has 0 fully saturated rings. The summed E-state index contributed by atoms with van der Waals surface area (Å²) in [5.74, 6) is 0. The number of aromatic nitrogens is 3. The van der Waals surface area contributed by atoms with Crippen LogP contribution in [0.3, 0.4) is 0 Å². The lowest BCUT2D eigenvalue weighted by Gasteiger charge is -2.16. The summed E-state index contributed by atoms with van der Waals surface area (Å²) in [5.41, 5.74) is 17.6. The molecule has 4 heteroatoms. The van der Waals surface area contributed by atoms with Gasteiger partial charge in [0.05, 0.1) is 21.6 Å². The van der Waals surface area contributed by atoms with Gasteiger partial charge in [-0.25, -0.2) is 9.97 Å². The molecule has 0 bridgehead atoms. The summed E-state index contributed by atoms with van der Waals surface area (Å²) in [4.78, 5) is 15.2. The van der Waals surface area contributed by atoms with Gasteiger partial charge in [-0.2, -0.15) is 0 Å². The zero-order chi connectivity index (χ0) is 40.9. The number of hydrogen-bond acceptors (Lipinski definition) is 4. The van der Waals surface area contributed by atoms with E-state index < -0.39 is 0 Å². The van der Waals surface area contributed by atoms with Crippen LogP contribution < -0.4 is 0 Å². The van der Waals surface area contributed by atoms with Gasteiger partial charge in [-0.15, -0.1) is 11.3 Å². The van der Waals surface area contributed by atoms with Crippen molar-refractivity contribution in [1.29, 1.82) is 0 Å². The third kappa shape index (κ3) is 6.77. The van der Waals surface area contributed by atoms with Crippen molar-refractivity contribution in [3.63, 3.8) is 0 Å². The molecule has 0 amide bonds. The Morgan fingerprint density at radius 2 is 0.967 bits per heavy atom. The van der Waals surface area contributed by atoms with E-state index in [9.17, 15) is 0 Å². The SMILES string of the molecule is Cc1ccc(-c2nc3c(s2)c(-c2cccc(-c4c(-c5ccc(-c6cc(-c7ccccc7)nc(-c7ccccc7)c6)cc5)ccc5ccccc45)c2)cc2ccccc23)c(C)n1. The number of thiazole rings is 1. The van der Waals surface area contributed by atoms with E-state index in [0.717, 1.165) is 77.6 Å². The van der Waals surface area contributed by atoms with E-state index in [2.05, 4.69) is 195 Å². The Morgan fingerprint density at radius 3 is 1.69 bits per heavy atom. The number of aryl methyl sites for hydroxylation is 2. The van der Waals surface area contributed by atoms with E-state index in [1.165, 1.54) is 43.1 Å². The second-order valence-electron chi connectivity index (χ2n) is 15.7. The first-order valence-corrected chi connectivity index (χ1v) is 21.5. The summed E-state index contributed by atoms with van der Waals surface area (Å²) < 4.78 is 1.18. The second-order valence-corrected chi connectivity index (χ2v) is 16.7. The van der Waals surface area contributed by atoms with Crippen LogP contribution >= 0.6 is 11.3 Å². The molecule has 3 nitrogen and oxygen atoms in total. The van der Waals surface area contributed by atoms with Crippen molar-refractivity contribution in [3.8, 4) is 77.6 Å². The molecule has 61 heavy (non-hydrogen) atoms. The fraction of sp³-hybridized carbons (Fsp3) is 0.0351. The molecule has 0 atom stereocenters. The number of benzene rings is 8.